The number of rotatable bonds is 1. The van der Waals surface area contributed by atoms with Crippen molar-refractivity contribution in [3.05, 3.63) is 11.9 Å². The quantitative estimate of drug-likeness (QED) is 0.293. The summed E-state index contributed by atoms with van der Waals surface area (Å²) < 4.78 is 0. The molecule has 0 rings (SSSR count). The fraction of sp³-hybridized carbons (Fsp3) is 0.250. The minimum absolute atomic E-state index is 0.174. The van der Waals surface area contributed by atoms with Gasteiger partial charge in [0.25, 0.3) is 0 Å². The number of amidine groups is 1. The molecule has 4 heteroatoms. The summed E-state index contributed by atoms with van der Waals surface area (Å²) in [5.41, 5.74) is 15.3. The van der Waals surface area contributed by atoms with Crippen molar-refractivity contribution >= 4 is 5.84 Å². The summed E-state index contributed by atoms with van der Waals surface area (Å²) in [7, 11) is 1.56. The van der Waals surface area contributed by atoms with E-state index >= 15 is 0 Å². The third kappa shape index (κ3) is 3.02. The lowest BCUT2D eigenvalue weighted by atomic mass is 10.5. The van der Waals surface area contributed by atoms with Gasteiger partial charge < -0.3 is 17.2 Å². The minimum atomic E-state index is 0.174. The summed E-state index contributed by atoms with van der Waals surface area (Å²) in [6, 6.07) is 0. The van der Waals surface area contributed by atoms with Crippen LogP contribution >= 0.6 is 0 Å². The summed E-state index contributed by atoms with van der Waals surface area (Å²) >= 11 is 0. The fourth-order valence-corrected chi connectivity index (χ4v) is 0.235. The first-order valence-electron chi connectivity index (χ1n) is 2.11. The van der Waals surface area contributed by atoms with Crippen LogP contribution in [0.3, 0.4) is 0 Å². The molecule has 0 aliphatic carbocycles. The van der Waals surface area contributed by atoms with Crippen molar-refractivity contribution in [1.82, 2.24) is 0 Å². The van der Waals surface area contributed by atoms with Gasteiger partial charge in [0.05, 0.1) is 5.82 Å². The van der Waals surface area contributed by atoms with Crippen molar-refractivity contribution in [1.29, 1.82) is 0 Å². The van der Waals surface area contributed by atoms with Gasteiger partial charge in [0.2, 0.25) is 0 Å². The van der Waals surface area contributed by atoms with Crippen LogP contribution in [0.15, 0.2) is 16.9 Å². The summed E-state index contributed by atoms with van der Waals surface area (Å²) in [6.45, 7) is 0. The summed E-state index contributed by atoms with van der Waals surface area (Å²) in [6.07, 6.45) is 1.39. The van der Waals surface area contributed by atoms with E-state index in [0.29, 0.717) is 5.84 Å². The first kappa shape index (κ1) is 6.81. The van der Waals surface area contributed by atoms with E-state index in [0.717, 1.165) is 0 Å². The monoisotopic (exact) mass is 114 g/mol. The van der Waals surface area contributed by atoms with E-state index in [1.165, 1.54) is 6.08 Å². The molecule has 0 aromatic heterocycles. The van der Waals surface area contributed by atoms with Crippen molar-refractivity contribution in [3.8, 4) is 0 Å². The zero-order valence-electron chi connectivity index (χ0n) is 4.76. The average Bonchev–Trinajstić information content (AvgIpc) is 1.65. The third-order valence-electron chi connectivity index (χ3n) is 0.573. The molecule has 4 nitrogen and oxygen atoms in total. The maximum absolute atomic E-state index is 5.19. The zero-order valence-corrected chi connectivity index (χ0v) is 4.76. The maximum Gasteiger partial charge on any atom is 0.121 e. The Kier molecular flexibility index (Phi) is 2.47. The normalized spacial score (nSPS) is 10.9. The first-order valence-corrected chi connectivity index (χ1v) is 2.11. The van der Waals surface area contributed by atoms with Gasteiger partial charge in [-0.1, -0.05) is 0 Å². The number of aliphatic imine (C=N–C) groups is 1. The lowest BCUT2D eigenvalue weighted by Crippen LogP contribution is -2.15. The molecule has 0 amide bonds. The molecule has 0 fully saturated rings. The van der Waals surface area contributed by atoms with Crippen LogP contribution in [0.2, 0.25) is 0 Å². The highest BCUT2D eigenvalue weighted by molar-refractivity contribution is 5.91. The van der Waals surface area contributed by atoms with Crippen LogP contribution in [0, 0.1) is 0 Å². The van der Waals surface area contributed by atoms with E-state index in [4.69, 9.17) is 17.2 Å². The molecule has 0 aromatic carbocycles. The van der Waals surface area contributed by atoms with Crippen molar-refractivity contribution < 1.29 is 0 Å². The topological polar surface area (TPSA) is 90.4 Å². The smallest absolute Gasteiger partial charge is 0.121 e. The van der Waals surface area contributed by atoms with Crippen LogP contribution in [0.4, 0.5) is 0 Å². The summed E-state index contributed by atoms with van der Waals surface area (Å²) in [4.78, 5) is 3.59. The largest absolute Gasteiger partial charge is 0.386 e. The second-order valence-corrected chi connectivity index (χ2v) is 1.29. The molecule has 0 atom stereocenters. The standard InChI is InChI=1S/C4H10N4/c1-8-4(7)2-3(5)6/h2H,5-6H2,1H3,(H2,7,8). The lowest BCUT2D eigenvalue weighted by molar-refractivity contribution is 1.25. The number of nitrogens with two attached hydrogens (primary N) is 3. The van der Waals surface area contributed by atoms with Crippen LogP contribution in [0.25, 0.3) is 0 Å². The molecule has 6 N–H and O–H groups in total. The molecule has 0 bridgehead atoms. The van der Waals surface area contributed by atoms with Crippen molar-refractivity contribution in [3.63, 3.8) is 0 Å². The number of nitrogens with zero attached hydrogens (tertiary/aromatic N) is 1. The lowest BCUT2D eigenvalue weighted by Gasteiger charge is -1.88. The fourth-order valence-electron chi connectivity index (χ4n) is 0.235. The van der Waals surface area contributed by atoms with Crippen LogP contribution < -0.4 is 17.2 Å². The first-order chi connectivity index (χ1) is 3.66. The molecule has 0 saturated carbocycles. The van der Waals surface area contributed by atoms with Gasteiger partial charge in [0.15, 0.2) is 0 Å². The molecular weight excluding hydrogens is 104 g/mol. The number of hydrogen-bond acceptors (Lipinski definition) is 3. The predicted octanol–water partition coefficient (Wildman–Crippen LogP) is -1.27. The Bertz CT molecular complexity index is 120. The van der Waals surface area contributed by atoms with E-state index in [1.54, 1.807) is 7.05 Å². The van der Waals surface area contributed by atoms with Gasteiger partial charge >= 0.3 is 0 Å². The average molecular weight is 114 g/mol. The molecule has 0 saturated heterocycles. The Morgan fingerprint density at radius 2 is 1.88 bits per heavy atom. The maximum atomic E-state index is 5.19. The van der Waals surface area contributed by atoms with Gasteiger partial charge in [0, 0.05) is 13.1 Å². The van der Waals surface area contributed by atoms with Crippen LogP contribution in [-0.4, -0.2) is 12.9 Å². The van der Waals surface area contributed by atoms with Gasteiger partial charge in [-0.15, -0.1) is 0 Å². The summed E-state index contributed by atoms with van der Waals surface area (Å²) in [5.74, 6) is 0.512. The van der Waals surface area contributed by atoms with Gasteiger partial charge in [0.1, 0.15) is 5.84 Å². The van der Waals surface area contributed by atoms with E-state index in [2.05, 4.69) is 4.99 Å². The highest BCUT2D eigenvalue weighted by Crippen LogP contribution is 1.70. The molecular formula is C4H10N4. The van der Waals surface area contributed by atoms with Crippen LogP contribution in [0.1, 0.15) is 0 Å². The zero-order chi connectivity index (χ0) is 6.57. The number of hydrogen-bond donors (Lipinski definition) is 3. The molecule has 0 radical (unpaired) electrons. The van der Waals surface area contributed by atoms with Gasteiger partial charge in [-0.25, -0.2) is 0 Å². The minimum Gasteiger partial charge on any atom is -0.386 e. The van der Waals surface area contributed by atoms with Crippen molar-refractivity contribution in [2.75, 3.05) is 7.05 Å². The Morgan fingerprint density at radius 1 is 1.38 bits per heavy atom. The highest BCUT2D eigenvalue weighted by atomic mass is 14.8. The Hall–Kier alpha value is -1.19. The molecule has 46 valence electrons. The predicted molar refractivity (Wildman–Crippen MR) is 34.0 cm³/mol. The van der Waals surface area contributed by atoms with Gasteiger partial charge in [-0.05, 0) is 0 Å². The molecule has 0 aliphatic heterocycles. The van der Waals surface area contributed by atoms with Crippen LogP contribution in [0.5, 0.6) is 0 Å². The van der Waals surface area contributed by atoms with Gasteiger partial charge in [-0.2, -0.15) is 0 Å². The second kappa shape index (κ2) is 2.90. The molecule has 0 heterocycles. The van der Waals surface area contributed by atoms with Gasteiger partial charge in [-0.3, -0.25) is 4.99 Å². The Labute approximate surface area is 48.1 Å². The van der Waals surface area contributed by atoms with E-state index < -0.39 is 0 Å². The van der Waals surface area contributed by atoms with Crippen molar-refractivity contribution in [2.24, 2.45) is 22.2 Å². The Morgan fingerprint density at radius 3 is 2.00 bits per heavy atom. The SMILES string of the molecule is CN=C(N)C=C(N)N. The van der Waals surface area contributed by atoms with E-state index in [1.807, 2.05) is 0 Å². The molecule has 0 aliphatic rings. The molecule has 0 spiro atoms. The highest BCUT2D eigenvalue weighted by Gasteiger charge is 1.80. The molecule has 8 heavy (non-hydrogen) atoms. The van der Waals surface area contributed by atoms with Crippen LogP contribution in [-0.2, 0) is 0 Å². The van der Waals surface area contributed by atoms with E-state index in [9.17, 15) is 0 Å². The molecule has 0 aromatic rings. The van der Waals surface area contributed by atoms with Crippen molar-refractivity contribution in [2.45, 2.75) is 0 Å². The van der Waals surface area contributed by atoms with E-state index in [-0.39, 0.29) is 5.82 Å². The summed E-state index contributed by atoms with van der Waals surface area (Å²) in [5, 5.41) is 0. The molecule has 0 unspecified atom stereocenters. The Balaban J connectivity index is 3.89. The second-order valence-electron chi connectivity index (χ2n) is 1.29. The third-order valence-corrected chi connectivity index (χ3v) is 0.573.